The molecule has 0 saturated carbocycles. The van der Waals surface area contributed by atoms with Crippen molar-refractivity contribution in [2.75, 3.05) is 58.6 Å². The number of piperidine rings is 1. The molecule has 1 unspecified atom stereocenters. The number of methoxy groups -OCH3 is 2. The van der Waals surface area contributed by atoms with Crippen LogP contribution in [-0.4, -0.2) is 75.4 Å². The topological polar surface area (TPSA) is 50.8 Å². The van der Waals surface area contributed by atoms with E-state index in [1.807, 2.05) is 11.8 Å². The first-order valence-corrected chi connectivity index (χ1v) is 8.96. The SMILES string of the molecule is COCCN(C(=O)C1(COC)CCNCC1)C1CCSC1. The van der Waals surface area contributed by atoms with Crippen LogP contribution >= 0.6 is 11.8 Å². The summed E-state index contributed by atoms with van der Waals surface area (Å²) < 4.78 is 10.6. The Bertz CT molecular complexity index is 323. The van der Waals surface area contributed by atoms with E-state index >= 15 is 0 Å². The number of carbonyl (C=O) groups is 1. The van der Waals surface area contributed by atoms with Gasteiger partial charge in [0, 0.05) is 32.6 Å². The number of hydrogen-bond donors (Lipinski definition) is 1. The summed E-state index contributed by atoms with van der Waals surface area (Å²) in [6.07, 6.45) is 2.83. The van der Waals surface area contributed by atoms with Gasteiger partial charge in [-0.25, -0.2) is 0 Å². The molecule has 21 heavy (non-hydrogen) atoms. The Balaban J connectivity index is 2.12. The van der Waals surface area contributed by atoms with Gasteiger partial charge >= 0.3 is 0 Å². The molecule has 2 heterocycles. The summed E-state index contributed by atoms with van der Waals surface area (Å²) in [6, 6.07) is 0.362. The molecule has 0 bridgehead atoms. The molecule has 2 saturated heterocycles. The highest BCUT2D eigenvalue weighted by Crippen LogP contribution is 2.34. The molecule has 0 aromatic rings. The van der Waals surface area contributed by atoms with Gasteiger partial charge in [0.1, 0.15) is 0 Å². The van der Waals surface area contributed by atoms with Crippen LogP contribution in [0.5, 0.6) is 0 Å². The monoisotopic (exact) mass is 316 g/mol. The Morgan fingerprint density at radius 1 is 1.33 bits per heavy atom. The van der Waals surface area contributed by atoms with Crippen molar-refractivity contribution in [1.29, 1.82) is 0 Å². The zero-order valence-corrected chi connectivity index (χ0v) is 14.0. The molecular formula is C15H28N2O3S. The lowest BCUT2D eigenvalue weighted by Gasteiger charge is -2.41. The molecule has 2 aliphatic heterocycles. The molecule has 122 valence electrons. The van der Waals surface area contributed by atoms with Crippen LogP contribution in [0.25, 0.3) is 0 Å². The predicted octanol–water partition coefficient (Wildman–Crippen LogP) is 0.983. The Morgan fingerprint density at radius 3 is 2.67 bits per heavy atom. The smallest absolute Gasteiger partial charge is 0.231 e. The zero-order chi connectivity index (χ0) is 15.1. The van der Waals surface area contributed by atoms with E-state index in [1.165, 1.54) is 0 Å². The molecule has 0 aromatic heterocycles. The van der Waals surface area contributed by atoms with Crippen LogP contribution in [0.2, 0.25) is 0 Å². The normalized spacial score (nSPS) is 25.0. The molecular weight excluding hydrogens is 288 g/mol. The van der Waals surface area contributed by atoms with Crippen molar-refractivity contribution in [3.8, 4) is 0 Å². The highest BCUT2D eigenvalue weighted by Gasteiger charge is 2.44. The predicted molar refractivity (Wildman–Crippen MR) is 85.7 cm³/mol. The van der Waals surface area contributed by atoms with Crippen molar-refractivity contribution in [3.05, 3.63) is 0 Å². The molecule has 0 aromatic carbocycles. The Kier molecular flexibility index (Phi) is 6.79. The lowest BCUT2D eigenvalue weighted by Crippen LogP contribution is -2.55. The fourth-order valence-corrected chi connectivity index (χ4v) is 4.54. The van der Waals surface area contributed by atoms with Crippen LogP contribution in [0, 0.1) is 5.41 Å². The summed E-state index contributed by atoms with van der Waals surface area (Å²) in [5.41, 5.74) is -0.346. The molecule has 1 atom stereocenters. The van der Waals surface area contributed by atoms with E-state index in [4.69, 9.17) is 9.47 Å². The number of thioether (sulfide) groups is 1. The minimum absolute atomic E-state index is 0.274. The fourth-order valence-electron chi connectivity index (χ4n) is 3.31. The van der Waals surface area contributed by atoms with Gasteiger partial charge in [-0.15, -0.1) is 0 Å². The minimum atomic E-state index is -0.346. The molecule has 6 heteroatoms. The molecule has 2 aliphatic rings. The number of ether oxygens (including phenoxy) is 2. The molecule has 0 aliphatic carbocycles. The van der Waals surface area contributed by atoms with Gasteiger partial charge in [-0.05, 0) is 38.1 Å². The molecule has 2 rings (SSSR count). The lowest BCUT2D eigenvalue weighted by molar-refractivity contribution is -0.150. The molecule has 0 spiro atoms. The number of nitrogens with zero attached hydrogens (tertiary/aromatic N) is 1. The number of rotatable bonds is 7. The summed E-state index contributed by atoms with van der Waals surface area (Å²) >= 11 is 1.94. The van der Waals surface area contributed by atoms with Crippen molar-refractivity contribution >= 4 is 17.7 Å². The van der Waals surface area contributed by atoms with Crippen molar-refractivity contribution in [1.82, 2.24) is 10.2 Å². The van der Waals surface area contributed by atoms with Crippen LogP contribution in [0.1, 0.15) is 19.3 Å². The second-order valence-electron chi connectivity index (χ2n) is 5.97. The molecule has 0 radical (unpaired) electrons. The van der Waals surface area contributed by atoms with E-state index in [0.29, 0.717) is 25.8 Å². The van der Waals surface area contributed by atoms with Gasteiger partial charge in [-0.1, -0.05) is 0 Å². The number of hydrogen-bond acceptors (Lipinski definition) is 5. The zero-order valence-electron chi connectivity index (χ0n) is 13.2. The van der Waals surface area contributed by atoms with Crippen LogP contribution in [0.4, 0.5) is 0 Å². The van der Waals surface area contributed by atoms with Gasteiger partial charge in [0.25, 0.3) is 0 Å². The Morgan fingerprint density at radius 2 is 2.10 bits per heavy atom. The van der Waals surface area contributed by atoms with Gasteiger partial charge in [0.15, 0.2) is 0 Å². The van der Waals surface area contributed by atoms with E-state index in [-0.39, 0.29) is 11.3 Å². The summed E-state index contributed by atoms with van der Waals surface area (Å²) in [4.78, 5) is 15.3. The van der Waals surface area contributed by atoms with E-state index in [0.717, 1.165) is 43.9 Å². The largest absolute Gasteiger partial charge is 0.384 e. The second kappa shape index (κ2) is 8.36. The maximum atomic E-state index is 13.3. The first-order chi connectivity index (χ1) is 10.2. The van der Waals surface area contributed by atoms with Crippen molar-refractivity contribution in [3.63, 3.8) is 0 Å². The van der Waals surface area contributed by atoms with E-state index in [2.05, 4.69) is 10.2 Å². The van der Waals surface area contributed by atoms with Crippen LogP contribution in [0.3, 0.4) is 0 Å². The summed E-state index contributed by atoms with van der Waals surface area (Å²) in [5.74, 6) is 2.48. The van der Waals surface area contributed by atoms with Crippen LogP contribution in [0.15, 0.2) is 0 Å². The highest BCUT2D eigenvalue weighted by atomic mass is 32.2. The van der Waals surface area contributed by atoms with Crippen LogP contribution in [-0.2, 0) is 14.3 Å². The van der Waals surface area contributed by atoms with E-state index < -0.39 is 0 Å². The molecule has 5 nitrogen and oxygen atoms in total. The molecule has 1 amide bonds. The van der Waals surface area contributed by atoms with Crippen molar-refractivity contribution < 1.29 is 14.3 Å². The van der Waals surface area contributed by atoms with Crippen molar-refractivity contribution in [2.24, 2.45) is 5.41 Å². The Hall–Kier alpha value is -0.300. The van der Waals surface area contributed by atoms with Gasteiger partial charge in [-0.3, -0.25) is 4.79 Å². The fraction of sp³-hybridized carbons (Fsp3) is 0.933. The maximum Gasteiger partial charge on any atom is 0.231 e. The third kappa shape index (κ3) is 4.12. The second-order valence-corrected chi connectivity index (χ2v) is 7.12. The van der Waals surface area contributed by atoms with Crippen molar-refractivity contribution in [2.45, 2.75) is 25.3 Å². The van der Waals surface area contributed by atoms with E-state index in [9.17, 15) is 4.79 Å². The summed E-state index contributed by atoms with van der Waals surface area (Å²) in [6.45, 7) is 3.61. The molecule has 1 N–H and O–H groups in total. The van der Waals surface area contributed by atoms with Gasteiger partial charge in [-0.2, -0.15) is 11.8 Å². The first kappa shape index (κ1) is 17.1. The summed E-state index contributed by atoms with van der Waals surface area (Å²) in [7, 11) is 3.39. The van der Waals surface area contributed by atoms with Gasteiger partial charge in [0.05, 0.1) is 18.6 Å². The lowest BCUT2D eigenvalue weighted by atomic mass is 9.78. The number of nitrogens with one attached hydrogen (secondary N) is 1. The summed E-state index contributed by atoms with van der Waals surface area (Å²) in [5, 5.41) is 3.35. The average molecular weight is 316 g/mol. The highest BCUT2D eigenvalue weighted by molar-refractivity contribution is 7.99. The van der Waals surface area contributed by atoms with Gasteiger partial charge < -0.3 is 19.7 Å². The third-order valence-electron chi connectivity index (χ3n) is 4.58. The minimum Gasteiger partial charge on any atom is -0.384 e. The maximum absolute atomic E-state index is 13.3. The first-order valence-electron chi connectivity index (χ1n) is 7.81. The quantitative estimate of drug-likeness (QED) is 0.759. The standard InChI is InChI=1S/C15H28N2O3S/c1-19-9-8-17(13-3-10-21-11-13)14(18)15(12-20-2)4-6-16-7-5-15/h13,16H,3-12H2,1-2H3. The number of carbonyl (C=O) groups excluding carboxylic acids is 1. The molecule has 2 fully saturated rings. The Labute approximate surface area is 132 Å². The van der Waals surface area contributed by atoms with Gasteiger partial charge in [0.2, 0.25) is 5.91 Å². The van der Waals surface area contributed by atoms with E-state index in [1.54, 1.807) is 14.2 Å². The van der Waals surface area contributed by atoms with Crippen LogP contribution < -0.4 is 5.32 Å². The third-order valence-corrected chi connectivity index (χ3v) is 5.72. The number of amides is 1. The average Bonchev–Trinajstić information content (AvgIpc) is 3.03.